The highest BCUT2D eigenvalue weighted by Gasteiger charge is 2.15. The molecule has 0 fully saturated rings. The van der Waals surface area contributed by atoms with Gasteiger partial charge in [0.1, 0.15) is 6.04 Å². The number of hydrogen-bond acceptors (Lipinski definition) is 7. The van der Waals surface area contributed by atoms with Gasteiger partial charge in [-0.2, -0.15) is 15.0 Å². The smallest absolute Gasteiger partial charge is 0.323 e. The summed E-state index contributed by atoms with van der Waals surface area (Å²) in [5.74, 6) is 0.547. The van der Waals surface area contributed by atoms with Crippen LogP contribution >= 0.6 is 0 Å². The highest BCUT2D eigenvalue weighted by Crippen LogP contribution is 2.12. The number of nitrogens with one attached hydrogen (secondary N) is 3. The van der Waals surface area contributed by atoms with Crippen LogP contribution in [0.2, 0.25) is 0 Å². The van der Waals surface area contributed by atoms with E-state index in [1.807, 2.05) is 20.8 Å². The molecule has 0 aliphatic carbocycles. The second-order valence-corrected chi connectivity index (χ2v) is 4.44. The highest BCUT2D eigenvalue weighted by molar-refractivity contribution is 5.83. The number of likely N-dealkylation sites (N-methyl/N-ethyl adjacent to an activating group) is 1. The topological polar surface area (TPSA) is 101 Å². The van der Waals surface area contributed by atoms with Crippen molar-refractivity contribution in [3.05, 3.63) is 0 Å². The molecule has 1 aromatic rings. The Labute approximate surface area is 118 Å². The third-order valence-electron chi connectivity index (χ3n) is 2.27. The van der Waals surface area contributed by atoms with E-state index >= 15 is 0 Å². The maximum Gasteiger partial charge on any atom is 0.323 e. The van der Waals surface area contributed by atoms with Gasteiger partial charge in [0, 0.05) is 13.6 Å². The van der Waals surface area contributed by atoms with E-state index in [9.17, 15) is 4.79 Å². The summed E-state index contributed by atoms with van der Waals surface area (Å²) in [4.78, 5) is 24.0. The summed E-state index contributed by atoms with van der Waals surface area (Å²) in [5.41, 5.74) is 0. The molecule has 0 saturated heterocycles. The number of aromatic nitrogens is 3. The first kappa shape index (κ1) is 15.9. The predicted octanol–water partition coefficient (Wildman–Crippen LogP) is 0.637. The number of hydrogen-bond donors (Lipinski definition) is 3. The van der Waals surface area contributed by atoms with Crippen molar-refractivity contribution in [2.75, 3.05) is 24.2 Å². The average molecular weight is 282 g/mol. The number of anilines is 2. The van der Waals surface area contributed by atoms with Crippen LogP contribution in [0.3, 0.4) is 0 Å². The van der Waals surface area contributed by atoms with Gasteiger partial charge in [0.15, 0.2) is 0 Å². The minimum Gasteiger partial charge on any atom is -0.461 e. The SMILES string of the molecule is CCNC(=O)C(C)Nc1nc(NC)nc(OC(C)C)n1. The third kappa shape index (κ3) is 4.87. The summed E-state index contributed by atoms with van der Waals surface area (Å²) in [6.07, 6.45) is -0.0456. The zero-order chi connectivity index (χ0) is 15.1. The van der Waals surface area contributed by atoms with Crippen molar-refractivity contribution in [2.24, 2.45) is 0 Å². The van der Waals surface area contributed by atoms with E-state index in [1.165, 1.54) is 0 Å². The molecular weight excluding hydrogens is 260 g/mol. The van der Waals surface area contributed by atoms with Crippen molar-refractivity contribution >= 4 is 17.8 Å². The summed E-state index contributed by atoms with van der Waals surface area (Å²) in [7, 11) is 1.70. The van der Waals surface area contributed by atoms with Gasteiger partial charge in [0.2, 0.25) is 17.8 Å². The Balaban J connectivity index is 2.85. The monoisotopic (exact) mass is 282 g/mol. The standard InChI is InChI=1S/C12H22N6O2/c1-6-14-9(19)8(4)15-11-16-10(13-5)17-12(18-11)20-7(2)3/h7-8H,6H2,1-5H3,(H,14,19)(H2,13,15,16,17,18). The van der Waals surface area contributed by atoms with E-state index in [0.29, 0.717) is 18.4 Å². The molecule has 0 aliphatic rings. The molecule has 0 radical (unpaired) electrons. The lowest BCUT2D eigenvalue weighted by atomic mass is 10.3. The molecule has 1 rings (SSSR count). The van der Waals surface area contributed by atoms with Crippen molar-refractivity contribution in [1.82, 2.24) is 20.3 Å². The van der Waals surface area contributed by atoms with Gasteiger partial charge in [0.25, 0.3) is 0 Å². The first-order valence-corrected chi connectivity index (χ1v) is 6.61. The Morgan fingerprint density at radius 2 is 1.85 bits per heavy atom. The molecule has 1 heterocycles. The van der Waals surface area contributed by atoms with Gasteiger partial charge in [-0.05, 0) is 27.7 Å². The molecule has 20 heavy (non-hydrogen) atoms. The molecule has 1 atom stereocenters. The Kier molecular flexibility index (Phi) is 5.95. The summed E-state index contributed by atoms with van der Waals surface area (Å²) in [6, 6.07) is -0.237. The van der Waals surface area contributed by atoms with Crippen LogP contribution in [-0.4, -0.2) is 46.6 Å². The first-order chi connectivity index (χ1) is 9.46. The fraction of sp³-hybridized carbons (Fsp3) is 0.667. The largest absolute Gasteiger partial charge is 0.461 e. The van der Waals surface area contributed by atoms with Crippen LogP contribution in [0.5, 0.6) is 6.01 Å². The molecule has 0 aromatic carbocycles. The van der Waals surface area contributed by atoms with Crippen molar-refractivity contribution in [1.29, 1.82) is 0 Å². The summed E-state index contributed by atoms with van der Waals surface area (Å²) >= 11 is 0. The Morgan fingerprint density at radius 1 is 1.20 bits per heavy atom. The van der Waals surface area contributed by atoms with E-state index in [-0.39, 0.29) is 18.0 Å². The lowest BCUT2D eigenvalue weighted by molar-refractivity contribution is -0.121. The summed E-state index contributed by atoms with van der Waals surface area (Å²) in [5, 5.41) is 8.47. The molecular formula is C12H22N6O2. The van der Waals surface area contributed by atoms with Crippen molar-refractivity contribution in [3.8, 4) is 6.01 Å². The molecule has 0 bridgehead atoms. The lowest BCUT2D eigenvalue weighted by Gasteiger charge is -2.15. The molecule has 1 aromatic heterocycles. The summed E-state index contributed by atoms with van der Waals surface area (Å²) in [6.45, 7) is 7.93. The number of carbonyl (C=O) groups excluding carboxylic acids is 1. The zero-order valence-corrected chi connectivity index (χ0v) is 12.5. The van der Waals surface area contributed by atoms with Crippen LogP contribution < -0.4 is 20.7 Å². The number of amides is 1. The highest BCUT2D eigenvalue weighted by atomic mass is 16.5. The molecule has 0 spiro atoms. The van der Waals surface area contributed by atoms with Gasteiger partial charge in [-0.3, -0.25) is 4.79 Å². The van der Waals surface area contributed by atoms with E-state index in [2.05, 4.69) is 30.9 Å². The van der Waals surface area contributed by atoms with E-state index in [4.69, 9.17) is 4.74 Å². The number of rotatable bonds is 7. The minimum absolute atomic E-state index is 0.0456. The molecule has 1 amide bonds. The van der Waals surface area contributed by atoms with E-state index < -0.39 is 6.04 Å². The number of carbonyl (C=O) groups is 1. The molecule has 8 heteroatoms. The van der Waals surface area contributed by atoms with Crippen LogP contribution in [-0.2, 0) is 4.79 Å². The minimum atomic E-state index is -0.450. The van der Waals surface area contributed by atoms with Crippen LogP contribution in [0.1, 0.15) is 27.7 Å². The van der Waals surface area contributed by atoms with Crippen molar-refractivity contribution in [2.45, 2.75) is 39.8 Å². The normalized spacial score (nSPS) is 11.9. The molecule has 112 valence electrons. The lowest BCUT2D eigenvalue weighted by Crippen LogP contribution is -2.37. The fourth-order valence-corrected chi connectivity index (χ4v) is 1.38. The molecule has 1 unspecified atom stereocenters. The third-order valence-corrected chi connectivity index (χ3v) is 2.27. The van der Waals surface area contributed by atoms with E-state index in [1.54, 1.807) is 14.0 Å². The Bertz CT molecular complexity index is 452. The van der Waals surface area contributed by atoms with E-state index in [0.717, 1.165) is 0 Å². The molecule has 8 nitrogen and oxygen atoms in total. The number of nitrogens with zero attached hydrogens (tertiary/aromatic N) is 3. The second-order valence-electron chi connectivity index (χ2n) is 4.44. The summed E-state index contributed by atoms with van der Waals surface area (Å²) < 4.78 is 5.44. The predicted molar refractivity (Wildman–Crippen MR) is 76.9 cm³/mol. The van der Waals surface area contributed by atoms with Gasteiger partial charge >= 0.3 is 6.01 Å². The Morgan fingerprint density at radius 3 is 2.40 bits per heavy atom. The average Bonchev–Trinajstić information content (AvgIpc) is 2.37. The zero-order valence-electron chi connectivity index (χ0n) is 12.5. The number of ether oxygens (including phenoxy) is 1. The maximum absolute atomic E-state index is 11.7. The van der Waals surface area contributed by atoms with Gasteiger partial charge < -0.3 is 20.7 Å². The van der Waals surface area contributed by atoms with Gasteiger partial charge in [-0.15, -0.1) is 0 Å². The van der Waals surface area contributed by atoms with Crippen molar-refractivity contribution < 1.29 is 9.53 Å². The quantitative estimate of drug-likeness (QED) is 0.674. The van der Waals surface area contributed by atoms with Crippen LogP contribution in [0, 0.1) is 0 Å². The van der Waals surface area contributed by atoms with Crippen LogP contribution in [0.4, 0.5) is 11.9 Å². The van der Waals surface area contributed by atoms with Crippen LogP contribution in [0.15, 0.2) is 0 Å². The van der Waals surface area contributed by atoms with Gasteiger partial charge in [-0.25, -0.2) is 0 Å². The second kappa shape index (κ2) is 7.46. The molecule has 0 saturated carbocycles. The Hall–Kier alpha value is -2.12. The molecule has 0 aliphatic heterocycles. The van der Waals surface area contributed by atoms with Crippen LogP contribution in [0.25, 0.3) is 0 Å². The van der Waals surface area contributed by atoms with Gasteiger partial charge in [0.05, 0.1) is 6.10 Å². The maximum atomic E-state index is 11.7. The first-order valence-electron chi connectivity index (χ1n) is 6.61. The van der Waals surface area contributed by atoms with Gasteiger partial charge in [-0.1, -0.05) is 0 Å². The fourth-order valence-electron chi connectivity index (χ4n) is 1.38. The van der Waals surface area contributed by atoms with Crippen molar-refractivity contribution in [3.63, 3.8) is 0 Å². The molecule has 3 N–H and O–H groups in total.